The Labute approximate surface area is 335 Å². The SMILES string of the molecule is COC(=O)N[C@H](C(=O)N1CCC[C@H]1c1ncc(-c2ccc(-c3ccc(-c4cnc([C@@H]5CCCN5C(=O)[C@H](Cc5ccncc5)OC(N)=O)[nH]4)cc3)cc2)[nH]1)[C@@H](C)OC. The number of imidazole rings is 2. The van der Waals surface area contributed by atoms with Crippen LogP contribution in [0.25, 0.3) is 33.6 Å². The van der Waals surface area contributed by atoms with Crippen LogP contribution in [0.5, 0.6) is 0 Å². The Morgan fingerprint density at radius 3 is 1.76 bits per heavy atom. The molecule has 2 saturated heterocycles. The van der Waals surface area contributed by atoms with Gasteiger partial charge in [-0.15, -0.1) is 0 Å². The molecule has 7 rings (SSSR count). The summed E-state index contributed by atoms with van der Waals surface area (Å²) in [5, 5.41) is 2.62. The van der Waals surface area contributed by atoms with Crippen molar-refractivity contribution in [1.29, 1.82) is 0 Å². The summed E-state index contributed by atoms with van der Waals surface area (Å²) in [6, 6.07) is 18.4. The van der Waals surface area contributed by atoms with Gasteiger partial charge in [-0.05, 0) is 72.6 Å². The number of carbonyl (C=O) groups is 4. The van der Waals surface area contributed by atoms with E-state index in [-0.39, 0.29) is 30.3 Å². The third kappa shape index (κ3) is 8.71. The van der Waals surface area contributed by atoms with Gasteiger partial charge >= 0.3 is 12.2 Å². The molecule has 0 aliphatic carbocycles. The van der Waals surface area contributed by atoms with Crippen molar-refractivity contribution in [2.24, 2.45) is 5.73 Å². The number of alkyl carbamates (subject to hydrolysis) is 1. The Morgan fingerprint density at radius 1 is 0.776 bits per heavy atom. The van der Waals surface area contributed by atoms with Crippen LogP contribution < -0.4 is 11.1 Å². The molecule has 5 N–H and O–H groups in total. The van der Waals surface area contributed by atoms with E-state index in [0.717, 1.165) is 64.9 Å². The maximum Gasteiger partial charge on any atom is 0.407 e. The zero-order valence-electron chi connectivity index (χ0n) is 32.6. The third-order valence-corrected chi connectivity index (χ3v) is 10.9. The molecule has 5 heterocycles. The van der Waals surface area contributed by atoms with Crippen molar-refractivity contribution in [2.45, 2.75) is 69.4 Å². The van der Waals surface area contributed by atoms with Crippen molar-refractivity contribution in [3.05, 3.63) is 103 Å². The first-order valence-corrected chi connectivity index (χ1v) is 19.3. The lowest BCUT2D eigenvalue weighted by atomic mass is 10.0. The molecule has 0 unspecified atom stereocenters. The van der Waals surface area contributed by atoms with Crippen LogP contribution in [0.15, 0.2) is 85.5 Å². The molecule has 0 saturated carbocycles. The van der Waals surface area contributed by atoms with E-state index in [9.17, 15) is 19.2 Å². The first-order chi connectivity index (χ1) is 28.1. The number of hydrogen-bond donors (Lipinski definition) is 4. The highest BCUT2D eigenvalue weighted by atomic mass is 16.6. The van der Waals surface area contributed by atoms with Crippen LogP contribution in [-0.4, -0.2) is 104 Å². The molecule has 16 nitrogen and oxygen atoms in total. The molecule has 2 aliphatic rings. The van der Waals surface area contributed by atoms with Gasteiger partial charge in [0, 0.05) is 39.0 Å². The summed E-state index contributed by atoms with van der Waals surface area (Å²) in [4.78, 5) is 74.7. The summed E-state index contributed by atoms with van der Waals surface area (Å²) in [6.07, 6.45) is 6.70. The lowest BCUT2D eigenvalue weighted by Gasteiger charge is -2.30. The smallest absolute Gasteiger partial charge is 0.407 e. The number of primary amides is 1. The summed E-state index contributed by atoms with van der Waals surface area (Å²) >= 11 is 0. The number of benzene rings is 2. The molecule has 2 fully saturated rings. The molecule has 4 amide bonds. The number of aromatic nitrogens is 5. The Kier molecular flexibility index (Phi) is 12.1. The topological polar surface area (TPSA) is 211 Å². The van der Waals surface area contributed by atoms with E-state index in [4.69, 9.17) is 19.9 Å². The van der Waals surface area contributed by atoms with Crippen molar-refractivity contribution in [3.8, 4) is 33.6 Å². The number of ether oxygens (including phenoxy) is 3. The lowest BCUT2D eigenvalue weighted by molar-refractivity contribution is -0.141. The first-order valence-electron chi connectivity index (χ1n) is 19.3. The standard InChI is InChI=1S/C42H47N9O7/c1-25(56-2)36(49-42(55)57-3)40(53)51-21-5-7-34(51)38-46-24-32(48-38)30-14-10-28(11-15-30)27-8-12-29(13-9-27)31-23-45-37(47-31)33-6-4-20-50(33)39(52)35(58-41(43)54)22-26-16-18-44-19-17-26/h8-19,23-25,33-36H,4-7,20-22H2,1-3H3,(H2,43,54)(H,45,47)(H,46,48)(H,49,55)/t25-,33+,34+,35+,36+/m1/s1. The van der Waals surface area contributed by atoms with Crippen LogP contribution in [0, 0.1) is 0 Å². The minimum Gasteiger partial charge on any atom is -0.453 e. The highest BCUT2D eigenvalue weighted by molar-refractivity contribution is 5.87. The van der Waals surface area contributed by atoms with Crippen molar-refractivity contribution in [2.75, 3.05) is 27.3 Å². The molecule has 3 aromatic heterocycles. The zero-order valence-corrected chi connectivity index (χ0v) is 32.6. The molecule has 5 atom stereocenters. The normalized spacial score (nSPS) is 18.1. The van der Waals surface area contributed by atoms with E-state index in [2.05, 4.69) is 42.4 Å². The maximum atomic E-state index is 13.7. The van der Waals surface area contributed by atoms with Gasteiger partial charge in [-0.3, -0.25) is 14.6 Å². The van der Waals surface area contributed by atoms with Gasteiger partial charge in [0.05, 0.1) is 49.1 Å². The predicted octanol–water partition coefficient (Wildman–Crippen LogP) is 5.32. The minimum absolute atomic E-state index is 0.189. The minimum atomic E-state index is -1.06. The van der Waals surface area contributed by atoms with Gasteiger partial charge in [-0.1, -0.05) is 48.5 Å². The van der Waals surface area contributed by atoms with Gasteiger partial charge in [0.15, 0.2) is 6.10 Å². The molecule has 58 heavy (non-hydrogen) atoms. The number of rotatable bonds is 13. The highest BCUT2D eigenvalue weighted by Crippen LogP contribution is 2.35. The van der Waals surface area contributed by atoms with E-state index in [1.165, 1.54) is 14.2 Å². The van der Waals surface area contributed by atoms with Gasteiger partial charge in [0.1, 0.15) is 17.7 Å². The first kappa shape index (κ1) is 39.7. The quantitative estimate of drug-likeness (QED) is 0.121. The maximum absolute atomic E-state index is 13.7. The second-order valence-electron chi connectivity index (χ2n) is 14.4. The number of H-pyrrole nitrogens is 2. The third-order valence-electron chi connectivity index (χ3n) is 10.9. The summed E-state index contributed by atoms with van der Waals surface area (Å²) in [7, 11) is 2.75. The molecule has 2 aliphatic heterocycles. The number of hydrogen-bond acceptors (Lipinski definition) is 10. The Balaban J connectivity index is 0.999. The number of nitrogens with one attached hydrogen (secondary N) is 3. The zero-order chi connectivity index (χ0) is 40.8. The number of nitrogens with zero attached hydrogens (tertiary/aromatic N) is 5. The molecule has 16 heteroatoms. The number of nitrogens with two attached hydrogens (primary N) is 1. The monoisotopic (exact) mass is 789 g/mol. The van der Waals surface area contributed by atoms with E-state index < -0.39 is 30.4 Å². The largest absolute Gasteiger partial charge is 0.453 e. The van der Waals surface area contributed by atoms with Crippen LogP contribution in [0.4, 0.5) is 9.59 Å². The summed E-state index contributed by atoms with van der Waals surface area (Å²) < 4.78 is 15.4. The molecule has 0 radical (unpaired) electrons. The van der Waals surface area contributed by atoms with Crippen LogP contribution in [0.2, 0.25) is 0 Å². The molecule has 302 valence electrons. The Hall–Kier alpha value is -6.55. The van der Waals surface area contributed by atoms with Crippen LogP contribution >= 0.6 is 0 Å². The molecule has 2 aromatic carbocycles. The second kappa shape index (κ2) is 17.7. The molecular weight excluding hydrogens is 743 g/mol. The van der Waals surface area contributed by atoms with E-state index in [1.54, 1.807) is 53.6 Å². The van der Waals surface area contributed by atoms with Crippen molar-refractivity contribution < 1.29 is 33.4 Å². The van der Waals surface area contributed by atoms with Crippen molar-refractivity contribution >= 4 is 24.0 Å². The summed E-state index contributed by atoms with van der Waals surface area (Å²) in [6.45, 7) is 2.78. The molecule has 5 aromatic rings. The number of aromatic amines is 2. The van der Waals surface area contributed by atoms with Gasteiger partial charge in [0.2, 0.25) is 5.91 Å². The number of pyridine rings is 1. The number of amides is 4. The predicted molar refractivity (Wildman–Crippen MR) is 213 cm³/mol. The highest BCUT2D eigenvalue weighted by Gasteiger charge is 2.39. The number of likely N-dealkylation sites (tertiary alicyclic amines) is 2. The van der Waals surface area contributed by atoms with E-state index in [0.29, 0.717) is 24.7 Å². The van der Waals surface area contributed by atoms with Crippen LogP contribution in [-0.2, 0) is 30.2 Å². The van der Waals surface area contributed by atoms with E-state index >= 15 is 0 Å². The average Bonchev–Trinajstić information content (AvgIpc) is 4.09. The molecule has 0 bridgehead atoms. The fraction of sp³-hybridized carbons (Fsp3) is 0.357. The molecule has 0 spiro atoms. The number of carbonyl (C=O) groups excluding carboxylic acids is 4. The summed E-state index contributed by atoms with van der Waals surface area (Å²) in [5.74, 6) is 0.774. The number of methoxy groups -OCH3 is 2. The lowest BCUT2D eigenvalue weighted by Crippen LogP contribution is -2.54. The van der Waals surface area contributed by atoms with Crippen LogP contribution in [0.3, 0.4) is 0 Å². The van der Waals surface area contributed by atoms with Crippen LogP contribution in [0.1, 0.15) is 61.9 Å². The Bertz CT molecular complexity index is 2210. The fourth-order valence-electron chi connectivity index (χ4n) is 7.74. The second-order valence-corrected chi connectivity index (χ2v) is 14.4. The van der Waals surface area contributed by atoms with Gasteiger partial charge in [-0.2, -0.15) is 0 Å². The van der Waals surface area contributed by atoms with Gasteiger partial charge < -0.3 is 45.0 Å². The average molecular weight is 790 g/mol. The Morgan fingerprint density at radius 2 is 1.28 bits per heavy atom. The van der Waals surface area contributed by atoms with E-state index in [1.807, 2.05) is 36.4 Å². The van der Waals surface area contributed by atoms with Crippen molar-refractivity contribution in [3.63, 3.8) is 0 Å². The summed E-state index contributed by atoms with van der Waals surface area (Å²) in [5.41, 5.74) is 11.7. The van der Waals surface area contributed by atoms with Gasteiger partial charge in [0.25, 0.3) is 5.91 Å². The van der Waals surface area contributed by atoms with Crippen molar-refractivity contribution in [1.82, 2.24) is 40.0 Å². The fourth-order valence-corrected chi connectivity index (χ4v) is 7.74. The van der Waals surface area contributed by atoms with Gasteiger partial charge in [-0.25, -0.2) is 19.6 Å². The molecular formula is C42H47N9O7.